The van der Waals surface area contributed by atoms with Crippen LogP contribution in [0.25, 0.3) is 33.3 Å². The van der Waals surface area contributed by atoms with E-state index in [9.17, 15) is 9.90 Å². The van der Waals surface area contributed by atoms with Gasteiger partial charge in [0.2, 0.25) is 0 Å². The predicted octanol–water partition coefficient (Wildman–Crippen LogP) is 5.44. The van der Waals surface area contributed by atoms with Crippen LogP contribution in [0.15, 0.2) is 12.1 Å². The minimum atomic E-state index is -0.736. The topological polar surface area (TPSA) is 124 Å². The van der Waals surface area contributed by atoms with Crippen molar-refractivity contribution in [3.8, 4) is 11.3 Å². The maximum absolute atomic E-state index is 12.9. The molecule has 2 aliphatic heterocycles. The van der Waals surface area contributed by atoms with Gasteiger partial charge in [-0.15, -0.1) is 0 Å². The molecule has 15 heteroatoms. The number of halogens is 2. The largest absolute Gasteiger partial charge is 0.444 e. The third kappa shape index (κ3) is 6.36. The summed E-state index contributed by atoms with van der Waals surface area (Å²) >= 11 is 13.5. The van der Waals surface area contributed by atoms with Crippen molar-refractivity contribution in [1.82, 2.24) is 34.4 Å². The van der Waals surface area contributed by atoms with Gasteiger partial charge in [-0.1, -0.05) is 23.2 Å². The monoisotopic (exact) mass is 692 g/mol. The summed E-state index contributed by atoms with van der Waals surface area (Å²) in [5.41, 5.74) is 2.69. The standard InChI is InChI=1S/C31H42Cl2N8O4S/c1-31(2,3)45-30(43)39-14-18-8-9-19(15-39)41(18)28-22(16-42)34-26-25(20-10-11-21-23(24(20)32)27(33)38(4)36-21)37-40(29(26)35-28)17-44-12-13-46(5,6)7/h10-11,18-19,42H,8-9,12-17H2,1-7H3/t18-,19-/m1/s1. The highest BCUT2D eigenvalue weighted by molar-refractivity contribution is 8.32. The van der Waals surface area contributed by atoms with Crippen LogP contribution in [-0.4, -0.2) is 108 Å². The molecule has 2 bridgehead atoms. The number of carbonyl (C=O) groups excluding carboxylic acids is 1. The molecule has 3 aromatic heterocycles. The van der Waals surface area contributed by atoms with E-state index >= 15 is 0 Å². The number of aromatic nitrogens is 6. The fourth-order valence-corrected chi connectivity index (χ4v) is 7.41. The van der Waals surface area contributed by atoms with Gasteiger partial charge >= 0.3 is 6.09 Å². The maximum Gasteiger partial charge on any atom is 0.410 e. The summed E-state index contributed by atoms with van der Waals surface area (Å²) in [6.07, 6.45) is 8.23. The number of hydrogen-bond acceptors (Lipinski definition) is 9. The normalized spacial score (nSPS) is 19.1. The molecule has 12 nitrogen and oxygen atoms in total. The molecule has 1 aromatic carbocycles. The number of anilines is 1. The first kappa shape index (κ1) is 33.1. The highest BCUT2D eigenvalue weighted by Gasteiger charge is 2.44. The van der Waals surface area contributed by atoms with E-state index in [0.29, 0.717) is 74.7 Å². The first-order valence-corrected chi connectivity index (χ1v) is 19.1. The van der Waals surface area contributed by atoms with Gasteiger partial charge in [0.25, 0.3) is 0 Å². The van der Waals surface area contributed by atoms with Crippen LogP contribution in [0.4, 0.5) is 10.6 Å². The number of likely N-dealkylation sites (tertiary alicyclic amines) is 1. The van der Waals surface area contributed by atoms with Crippen molar-refractivity contribution in [2.75, 3.05) is 49.1 Å². The van der Waals surface area contributed by atoms with Crippen LogP contribution in [-0.2, 0) is 29.9 Å². The molecular weight excluding hydrogens is 651 g/mol. The van der Waals surface area contributed by atoms with E-state index in [1.165, 1.54) is 0 Å². The number of ether oxygens (including phenoxy) is 2. The first-order valence-electron chi connectivity index (χ1n) is 15.3. The molecule has 1 N–H and O–H groups in total. The van der Waals surface area contributed by atoms with E-state index in [0.717, 1.165) is 18.6 Å². The molecular formula is C31H42Cl2N8O4S. The van der Waals surface area contributed by atoms with Gasteiger partial charge in [0, 0.05) is 43.5 Å². The van der Waals surface area contributed by atoms with E-state index in [4.69, 9.17) is 47.7 Å². The maximum atomic E-state index is 12.9. The Kier molecular flexibility index (Phi) is 8.85. The second-order valence-electron chi connectivity index (χ2n) is 13.9. The average molecular weight is 694 g/mol. The lowest BCUT2D eigenvalue weighted by atomic mass is 10.1. The predicted molar refractivity (Wildman–Crippen MR) is 184 cm³/mol. The molecule has 0 radical (unpaired) electrons. The van der Waals surface area contributed by atoms with Crippen LogP contribution >= 0.6 is 33.2 Å². The molecule has 6 rings (SSSR count). The zero-order valence-electron chi connectivity index (χ0n) is 27.4. The SMILES string of the molecule is Cn1nc2ccc(-c3nn(COCCS(C)(C)C)c4nc(N5[C@@H]6CC[C@@H]5CN(C(=O)OC(C)(C)C)C6)c(CO)nc34)c(Cl)c2c1Cl. The van der Waals surface area contributed by atoms with E-state index in [1.54, 1.807) is 21.3 Å². The van der Waals surface area contributed by atoms with Crippen LogP contribution in [0.3, 0.4) is 0 Å². The van der Waals surface area contributed by atoms with E-state index in [2.05, 4.69) is 28.8 Å². The first-order chi connectivity index (χ1) is 21.6. The average Bonchev–Trinajstić information content (AvgIpc) is 3.56. The number of aliphatic hydroxyl groups is 1. The van der Waals surface area contributed by atoms with Gasteiger partial charge in [0.15, 0.2) is 11.5 Å². The van der Waals surface area contributed by atoms with Gasteiger partial charge in [-0.25, -0.2) is 29.5 Å². The minimum Gasteiger partial charge on any atom is -0.444 e. The Bertz CT molecular complexity index is 1780. The number of rotatable bonds is 8. The van der Waals surface area contributed by atoms with Crippen molar-refractivity contribution in [3.05, 3.63) is 28.0 Å². The lowest BCUT2D eigenvalue weighted by Crippen LogP contribution is -2.56. The fraction of sp³-hybridized carbons (Fsp3) is 0.581. The number of fused-ring (bicyclic) bond motifs is 4. The number of nitrogens with zero attached hydrogens (tertiary/aromatic N) is 8. The molecule has 0 unspecified atom stereocenters. The van der Waals surface area contributed by atoms with Crippen molar-refractivity contribution >= 4 is 67.2 Å². The van der Waals surface area contributed by atoms with Crippen molar-refractivity contribution in [3.63, 3.8) is 0 Å². The number of aryl methyl sites for hydroxylation is 1. The molecule has 2 aliphatic rings. The molecule has 5 heterocycles. The second-order valence-corrected chi connectivity index (χ2v) is 19.2. The summed E-state index contributed by atoms with van der Waals surface area (Å²) in [7, 11) is 1.03. The van der Waals surface area contributed by atoms with Crippen molar-refractivity contribution in [2.45, 2.75) is 64.6 Å². The van der Waals surface area contributed by atoms with Gasteiger partial charge in [0.05, 0.1) is 29.1 Å². The van der Waals surface area contributed by atoms with Gasteiger partial charge in [0.1, 0.15) is 34.4 Å². The lowest BCUT2D eigenvalue weighted by Gasteiger charge is -2.42. The number of aliphatic hydroxyl groups excluding tert-OH is 1. The van der Waals surface area contributed by atoms with Crippen LogP contribution in [0.1, 0.15) is 39.3 Å². The fourth-order valence-electron chi connectivity index (χ4n) is 6.17. The zero-order chi connectivity index (χ0) is 33.1. The lowest BCUT2D eigenvalue weighted by molar-refractivity contribution is 0.0209. The number of benzene rings is 1. The number of amides is 1. The van der Waals surface area contributed by atoms with Crippen LogP contribution in [0.2, 0.25) is 10.2 Å². The Morgan fingerprint density at radius 1 is 1.09 bits per heavy atom. The van der Waals surface area contributed by atoms with Crippen molar-refractivity contribution in [2.24, 2.45) is 7.05 Å². The molecule has 0 saturated carbocycles. The third-order valence-corrected chi connectivity index (χ3v) is 10.5. The molecule has 46 heavy (non-hydrogen) atoms. The molecule has 1 amide bonds. The third-order valence-electron chi connectivity index (χ3n) is 8.32. The number of piperazine rings is 1. The molecule has 4 aromatic rings. The zero-order valence-corrected chi connectivity index (χ0v) is 29.7. The molecule has 0 spiro atoms. The molecule has 250 valence electrons. The smallest absolute Gasteiger partial charge is 0.410 e. The van der Waals surface area contributed by atoms with Crippen molar-refractivity contribution < 1.29 is 19.4 Å². The highest BCUT2D eigenvalue weighted by Crippen LogP contribution is 2.41. The summed E-state index contributed by atoms with van der Waals surface area (Å²) in [5, 5.41) is 21.4. The van der Waals surface area contributed by atoms with Crippen LogP contribution in [0, 0.1) is 0 Å². The van der Waals surface area contributed by atoms with Crippen LogP contribution in [0.5, 0.6) is 0 Å². The Morgan fingerprint density at radius 3 is 2.41 bits per heavy atom. The summed E-state index contributed by atoms with van der Waals surface area (Å²) in [6, 6.07) is 3.73. The number of carbonyl (C=O) groups is 1. The second kappa shape index (κ2) is 12.3. The summed E-state index contributed by atoms with van der Waals surface area (Å²) in [4.78, 5) is 27.1. The minimum absolute atomic E-state index is 0.00902. The molecule has 2 fully saturated rings. The molecule has 0 aliphatic carbocycles. The summed E-state index contributed by atoms with van der Waals surface area (Å²) < 4.78 is 15.1. The Labute approximate surface area is 280 Å². The van der Waals surface area contributed by atoms with Crippen molar-refractivity contribution in [1.29, 1.82) is 0 Å². The van der Waals surface area contributed by atoms with Gasteiger partial charge < -0.3 is 24.4 Å². The summed E-state index contributed by atoms with van der Waals surface area (Å²) in [6.45, 7) is 7.05. The number of hydrogen-bond donors (Lipinski definition) is 1. The highest BCUT2D eigenvalue weighted by atomic mass is 35.5. The Balaban J connectivity index is 1.41. The summed E-state index contributed by atoms with van der Waals surface area (Å²) in [5.74, 6) is 1.55. The van der Waals surface area contributed by atoms with E-state index in [-0.39, 0.29) is 31.5 Å². The molecule has 2 atom stereocenters. The molecule has 2 saturated heterocycles. The van der Waals surface area contributed by atoms with Crippen LogP contribution < -0.4 is 4.90 Å². The Morgan fingerprint density at radius 2 is 1.78 bits per heavy atom. The Hall–Kier alpha value is -2.84. The quantitative estimate of drug-likeness (QED) is 0.241. The van der Waals surface area contributed by atoms with Gasteiger partial charge in [-0.05, 0) is 64.5 Å². The van der Waals surface area contributed by atoms with E-state index < -0.39 is 15.6 Å². The van der Waals surface area contributed by atoms with E-state index in [1.807, 2.05) is 32.9 Å². The van der Waals surface area contributed by atoms with Gasteiger partial charge in [-0.3, -0.25) is 4.68 Å². The van der Waals surface area contributed by atoms with Gasteiger partial charge in [-0.2, -0.15) is 10.2 Å².